The Morgan fingerprint density at radius 1 is 1.14 bits per heavy atom. The van der Waals surface area contributed by atoms with Gasteiger partial charge in [0.05, 0.1) is 23.4 Å². The maximum absolute atomic E-state index is 11.7. The predicted molar refractivity (Wildman–Crippen MR) is 106 cm³/mol. The van der Waals surface area contributed by atoms with Crippen molar-refractivity contribution in [2.45, 2.75) is 13.0 Å². The van der Waals surface area contributed by atoms with Crippen LogP contribution in [0.2, 0.25) is 0 Å². The molecule has 144 valence electrons. The van der Waals surface area contributed by atoms with Crippen LogP contribution in [0.4, 0.5) is 5.82 Å². The molecule has 2 aromatic heterocycles. The standard InChI is InChI=1S/C20H17N7O2/c21-18(28)13-7-4-8-15-16(13)25-26-27(15)20-23-14-9-10-29-17(14)19(24-20)22-11-12-5-2-1-3-6-12/h1-8H,9-11H2,(H2,21,28)(H,22,23,24). The number of ether oxygens (including phenoxy) is 1. The number of nitrogens with zero attached hydrogens (tertiary/aromatic N) is 5. The fraction of sp³-hybridized carbons (Fsp3) is 0.150. The summed E-state index contributed by atoms with van der Waals surface area (Å²) in [5.74, 6) is 1.05. The molecule has 29 heavy (non-hydrogen) atoms. The smallest absolute Gasteiger partial charge is 0.255 e. The molecule has 1 amide bonds. The predicted octanol–water partition coefficient (Wildman–Crippen LogP) is 1.86. The normalized spacial score (nSPS) is 12.6. The summed E-state index contributed by atoms with van der Waals surface area (Å²) >= 11 is 0. The summed E-state index contributed by atoms with van der Waals surface area (Å²) in [6.07, 6.45) is 0.685. The molecule has 3 heterocycles. The fourth-order valence-electron chi connectivity index (χ4n) is 3.34. The number of anilines is 1. The molecule has 0 radical (unpaired) electrons. The molecule has 5 rings (SSSR count). The highest BCUT2D eigenvalue weighted by molar-refractivity contribution is 6.04. The molecule has 4 aromatic rings. The Labute approximate surface area is 165 Å². The first-order valence-corrected chi connectivity index (χ1v) is 9.17. The summed E-state index contributed by atoms with van der Waals surface area (Å²) in [5, 5.41) is 11.6. The molecule has 0 spiro atoms. The molecule has 0 saturated carbocycles. The number of rotatable bonds is 5. The van der Waals surface area contributed by atoms with Gasteiger partial charge in [-0.05, 0) is 17.7 Å². The Hall–Kier alpha value is -4.01. The van der Waals surface area contributed by atoms with Crippen LogP contribution in [0.25, 0.3) is 17.0 Å². The molecule has 9 heteroatoms. The van der Waals surface area contributed by atoms with Crippen LogP contribution < -0.4 is 15.8 Å². The molecule has 3 N–H and O–H groups in total. The number of benzene rings is 2. The molecule has 0 saturated heterocycles. The number of hydrogen-bond acceptors (Lipinski definition) is 7. The zero-order valence-electron chi connectivity index (χ0n) is 15.4. The van der Waals surface area contributed by atoms with E-state index in [1.807, 2.05) is 30.3 Å². The first-order chi connectivity index (χ1) is 14.2. The largest absolute Gasteiger partial charge is 0.487 e. The lowest BCUT2D eigenvalue weighted by Gasteiger charge is -2.11. The van der Waals surface area contributed by atoms with Crippen LogP contribution in [0.5, 0.6) is 5.75 Å². The van der Waals surface area contributed by atoms with E-state index in [1.54, 1.807) is 18.2 Å². The SMILES string of the molecule is NC(=O)c1cccc2c1nnn2-c1nc2c(c(NCc3ccccc3)n1)OCC2. The Morgan fingerprint density at radius 3 is 2.83 bits per heavy atom. The van der Waals surface area contributed by atoms with Gasteiger partial charge in [0.25, 0.3) is 11.9 Å². The first kappa shape index (κ1) is 17.1. The van der Waals surface area contributed by atoms with Crippen molar-refractivity contribution in [3.63, 3.8) is 0 Å². The van der Waals surface area contributed by atoms with E-state index in [2.05, 4.69) is 25.6 Å². The molecular formula is C20H17N7O2. The average molecular weight is 387 g/mol. The average Bonchev–Trinajstić information content (AvgIpc) is 3.39. The van der Waals surface area contributed by atoms with E-state index < -0.39 is 5.91 Å². The summed E-state index contributed by atoms with van der Waals surface area (Å²) in [6, 6.07) is 15.2. The Morgan fingerprint density at radius 2 is 2.00 bits per heavy atom. The second-order valence-electron chi connectivity index (χ2n) is 6.62. The topological polar surface area (TPSA) is 121 Å². The van der Waals surface area contributed by atoms with Gasteiger partial charge in [0.1, 0.15) is 5.52 Å². The Bertz CT molecular complexity index is 1220. The lowest BCUT2D eigenvalue weighted by molar-refractivity contribution is 0.100. The van der Waals surface area contributed by atoms with E-state index in [-0.39, 0.29) is 0 Å². The van der Waals surface area contributed by atoms with Crippen LogP contribution in [0.3, 0.4) is 0 Å². The Kier molecular flexibility index (Phi) is 4.05. The Balaban J connectivity index is 1.57. The van der Waals surface area contributed by atoms with Crippen LogP contribution in [-0.2, 0) is 13.0 Å². The van der Waals surface area contributed by atoms with Crippen molar-refractivity contribution in [2.75, 3.05) is 11.9 Å². The highest BCUT2D eigenvalue weighted by atomic mass is 16.5. The number of nitrogens with one attached hydrogen (secondary N) is 1. The number of carbonyl (C=O) groups is 1. The van der Waals surface area contributed by atoms with Gasteiger partial charge < -0.3 is 15.8 Å². The van der Waals surface area contributed by atoms with E-state index in [4.69, 9.17) is 10.5 Å². The van der Waals surface area contributed by atoms with Crippen LogP contribution in [0, 0.1) is 0 Å². The summed E-state index contributed by atoms with van der Waals surface area (Å²) in [6.45, 7) is 1.15. The van der Waals surface area contributed by atoms with Crippen molar-refractivity contribution in [2.24, 2.45) is 5.73 Å². The lowest BCUT2D eigenvalue weighted by Crippen LogP contribution is -2.11. The number of primary amides is 1. The molecule has 0 aliphatic carbocycles. The highest BCUT2D eigenvalue weighted by Gasteiger charge is 2.23. The summed E-state index contributed by atoms with van der Waals surface area (Å²) in [4.78, 5) is 20.9. The molecule has 2 aromatic carbocycles. The van der Waals surface area contributed by atoms with Crippen molar-refractivity contribution in [3.8, 4) is 11.7 Å². The summed E-state index contributed by atoms with van der Waals surface area (Å²) < 4.78 is 7.24. The maximum atomic E-state index is 11.7. The number of nitrogens with two attached hydrogens (primary N) is 1. The summed E-state index contributed by atoms with van der Waals surface area (Å²) in [7, 11) is 0. The van der Waals surface area contributed by atoms with Crippen LogP contribution in [-0.4, -0.2) is 37.5 Å². The number of hydrogen-bond donors (Lipinski definition) is 2. The first-order valence-electron chi connectivity index (χ1n) is 9.17. The number of amides is 1. The third-order valence-electron chi connectivity index (χ3n) is 4.74. The molecule has 0 bridgehead atoms. The molecule has 9 nitrogen and oxygen atoms in total. The van der Waals surface area contributed by atoms with Gasteiger partial charge >= 0.3 is 0 Å². The van der Waals surface area contributed by atoms with Crippen molar-refractivity contribution in [1.82, 2.24) is 25.0 Å². The van der Waals surface area contributed by atoms with Gasteiger partial charge in [-0.25, -0.2) is 4.98 Å². The van der Waals surface area contributed by atoms with E-state index in [1.165, 1.54) is 4.68 Å². The monoisotopic (exact) mass is 387 g/mol. The van der Waals surface area contributed by atoms with Crippen molar-refractivity contribution >= 4 is 22.8 Å². The minimum absolute atomic E-state index is 0.306. The van der Waals surface area contributed by atoms with E-state index in [9.17, 15) is 4.79 Å². The van der Waals surface area contributed by atoms with Gasteiger partial charge in [-0.1, -0.05) is 41.6 Å². The second kappa shape index (κ2) is 6.86. The van der Waals surface area contributed by atoms with Crippen LogP contribution >= 0.6 is 0 Å². The zero-order chi connectivity index (χ0) is 19.8. The number of aromatic nitrogens is 5. The van der Waals surface area contributed by atoms with E-state index in [0.717, 1.165) is 11.3 Å². The molecule has 0 atom stereocenters. The highest BCUT2D eigenvalue weighted by Crippen LogP contribution is 2.32. The molecular weight excluding hydrogens is 370 g/mol. The molecule has 1 aliphatic heterocycles. The van der Waals surface area contributed by atoms with Gasteiger partial charge in [0, 0.05) is 13.0 Å². The molecule has 0 unspecified atom stereocenters. The van der Waals surface area contributed by atoms with Gasteiger partial charge in [-0.3, -0.25) is 4.79 Å². The zero-order valence-corrected chi connectivity index (χ0v) is 15.4. The van der Waals surface area contributed by atoms with Crippen molar-refractivity contribution in [1.29, 1.82) is 0 Å². The van der Waals surface area contributed by atoms with Crippen LogP contribution in [0.15, 0.2) is 48.5 Å². The van der Waals surface area contributed by atoms with Crippen molar-refractivity contribution in [3.05, 3.63) is 65.4 Å². The van der Waals surface area contributed by atoms with E-state index in [0.29, 0.717) is 53.7 Å². The van der Waals surface area contributed by atoms with Gasteiger partial charge in [-0.15, -0.1) is 5.10 Å². The van der Waals surface area contributed by atoms with Crippen LogP contribution in [0.1, 0.15) is 21.6 Å². The second-order valence-corrected chi connectivity index (χ2v) is 6.62. The summed E-state index contributed by atoms with van der Waals surface area (Å²) in [5.41, 5.74) is 8.70. The minimum Gasteiger partial charge on any atom is -0.487 e. The third-order valence-corrected chi connectivity index (χ3v) is 4.74. The minimum atomic E-state index is -0.559. The lowest BCUT2D eigenvalue weighted by atomic mass is 10.2. The van der Waals surface area contributed by atoms with Gasteiger partial charge in [-0.2, -0.15) is 9.67 Å². The van der Waals surface area contributed by atoms with Gasteiger partial charge in [0.2, 0.25) is 0 Å². The van der Waals surface area contributed by atoms with Gasteiger partial charge in [0.15, 0.2) is 11.6 Å². The quantitative estimate of drug-likeness (QED) is 0.536. The number of fused-ring (bicyclic) bond motifs is 2. The fourth-order valence-corrected chi connectivity index (χ4v) is 3.34. The van der Waals surface area contributed by atoms with Crippen molar-refractivity contribution < 1.29 is 9.53 Å². The molecule has 0 fully saturated rings. The van der Waals surface area contributed by atoms with E-state index >= 15 is 0 Å². The molecule has 1 aliphatic rings. The number of carbonyl (C=O) groups excluding carboxylic acids is 1. The maximum Gasteiger partial charge on any atom is 0.255 e. The third kappa shape index (κ3) is 3.02.